The molecular weight excluding hydrogens is 396 g/mol. The summed E-state index contributed by atoms with van der Waals surface area (Å²) < 4.78 is 52.6. The zero-order valence-electron chi connectivity index (χ0n) is 12.3. The number of aromatic nitrogens is 2. The molecule has 24 heavy (non-hydrogen) atoms. The standard InChI is InChI=1S/C14H13BrF4N4O/c1-7(6-24)20-13-22-11(14(17,18)19)5-12(23-13)21-8-2-3-9(15)10(16)4-8/h2-5,7,24H,6H2,1H3,(H2,20,21,22,23)/t7-/m1/s1. The molecule has 0 bridgehead atoms. The lowest BCUT2D eigenvalue weighted by molar-refractivity contribution is -0.141. The van der Waals surface area contributed by atoms with Gasteiger partial charge in [0.2, 0.25) is 5.95 Å². The SMILES string of the molecule is C[C@H](CO)Nc1nc(Nc2ccc(Br)c(F)c2)cc(C(F)(F)F)n1. The normalized spacial score (nSPS) is 12.8. The van der Waals surface area contributed by atoms with Gasteiger partial charge in [0.1, 0.15) is 11.6 Å². The highest BCUT2D eigenvalue weighted by Crippen LogP contribution is 2.31. The van der Waals surface area contributed by atoms with Gasteiger partial charge >= 0.3 is 6.18 Å². The lowest BCUT2D eigenvalue weighted by Crippen LogP contribution is -2.22. The van der Waals surface area contributed by atoms with E-state index in [1.54, 1.807) is 6.92 Å². The van der Waals surface area contributed by atoms with Gasteiger partial charge in [-0.3, -0.25) is 0 Å². The summed E-state index contributed by atoms with van der Waals surface area (Å²) in [7, 11) is 0. The van der Waals surface area contributed by atoms with Gasteiger partial charge in [0, 0.05) is 17.8 Å². The van der Waals surface area contributed by atoms with Crippen molar-refractivity contribution in [3.8, 4) is 0 Å². The second kappa shape index (κ2) is 7.31. The first-order chi connectivity index (χ1) is 11.2. The van der Waals surface area contributed by atoms with E-state index >= 15 is 0 Å². The highest BCUT2D eigenvalue weighted by molar-refractivity contribution is 9.10. The first kappa shape index (κ1) is 18.4. The molecule has 0 aliphatic heterocycles. The number of alkyl halides is 3. The van der Waals surface area contributed by atoms with Crippen LogP contribution in [0, 0.1) is 5.82 Å². The molecular formula is C14H13BrF4N4O. The lowest BCUT2D eigenvalue weighted by Gasteiger charge is -2.15. The number of aliphatic hydroxyl groups excluding tert-OH is 1. The van der Waals surface area contributed by atoms with E-state index < -0.39 is 23.7 Å². The van der Waals surface area contributed by atoms with Crippen LogP contribution in [-0.2, 0) is 6.18 Å². The fraction of sp³-hybridized carbons (Fsp3) is 0.286. The van der Waals surface area contributed by atoms with Gasteiger partial charge < -0.3 is 15.7 Å². The largest absolute Gasteiger partial charge is 0.433 e. The smallest absolute Gasteiger partial charge is 0.394 e. The van der Waals surface area contributed by atoms with Crippen molar-refractivity contribution in [2.24, 2.45) is 0 Å². The van der Waals surface area contributed by atoms with Crippen molar-refractivity contribution in [3.63, 3.8) is 0 Å². The molecule has 10 heteroatoms. The molecule has 1 aromatic heterocycles. The Morgan fingerprint density at radius 1 is 1.25 bits per heavy atom. The molecule has 1 atom stereocenters. The highest BCUT2D eigenvalue weighted by atomic mass is 79.9. The van der Waals surface area contributed by atoms with Gasteiger partial charge in [0.15, 0.2) is 5.69 Å². The average Bonchev–Trinajstić information content (AvgIpc) is 2.49. The Morgan fingerprint density at radius 2 is 1.96 bits per heavy atom. The predicted molar refractivity (Wildman–Crippen MR) is 84.6 cm³/mol. The van der Waals surface area contributed by atoms with Crippen molar-refractivity contribution in [2.75, 3.05) is 17.2 Å². The molecule has 2 aromatic rings. The number of aliphatic hydroxyl groups is 1. The van der Waals surface area contributed by atoms with E-state index in [1.807, 2.05) is 0 Å². The molecule has 0 fully saturated rings. The molecule has 0 saturated heterocycles. The molecule has 3 N–H and O–H groups in total. The van der Waals surface area contributed by atoms with Crippen LogP contribution in [0.5, 0.6) is 0 Å². The zero-order chi connectivity index (χ0) is 17.9. The summed E-state index contributed by atoms with van der Waals surface area (Å²) in [6.07, 6.45) is -4.68. The third kappa shape index (κ3) is 4.78. The molecule has 0 unspecified atom stereocenters. The minimum atomic E-state index is -4.68. The van der Waals surface area contributed by atoms with E-state index in [1.165, 1.54) is 12.1 Å². The summed E-state index contributed by atoms with van der Waals surface area (Å²) in [5.74, 6) is -1.03. The summed E-state index contributed by atoms with van der Waals surface area (Å²) in [6.45, 7) is 1.25. The first-order valence-corrected chi connectivity index (χ1v) is 7.54. The van der Waals surface area contributed by atoms with E-state index in [0.29, 0.717) is 0 Å². The maximum Gasteiger partial charge on any atom is 0.433 e. The summed E-state index contributed by atoms with van der Waals surface area (Å²) in [4.78, 5) is 7.29. The van der Waals surface area contributed by atoms with Crippen LogP contribution in [0.4, 0.5) is 35.0 Å². The van der Waals surface area contributed by atoms with E-state index in [4.69, 9.17) is 5.11 Å². The van der Waals surface area contributed by atoms with Crippen molar-refractivity contribution < 1.29 is 22.7 Å². The van der Waals surface area contributed by atoms with Gasteiger partial charge in [-0.2, -0.15) is 18.2 Å². The summed E-state index contributed by atoms with van der Waals surface area (Å²) in [6, 6.07) is 4.19. The molecule has 0 aliphatic rings. The van der Waals surface area contributed by atoms with E-state index in [-0.39, 0.29) is 28.5 Å². The Hall–Kier alpha value is -1.94. The van der Waals surface area contributed by atoms with Crippen molar-refractivity contribution in [1.29, 1.82) is 0 Å². The van der Waals surface area contributed by atoms with Gasteiger partial charge in [-0.25, -0.2) is 9.37 Å². The maximum atomic E-state index is 13.5. The number of rotatable bonds is 5. The van der Waals surface area contributed by atoms with Crippen LogP contribution < -0.4 is 10.6 Å². The number of hydrogen-bond acceptors (Lipinski definition) is 5. The second-order valence-corrected chi connectivity index (χ2v) is 5.80. The number of nitrogens with one attached hydrogen (secondary N) is 2. The lowest BCUT2D eigenvalue weighted by atomic mass is 10.3. The summed E-state index contributed by atoms with van der Waals surface area (Å²) in [5, 5.41) is 14.1. The Labute approximate surface area is 143 Å². The van der Waals surface area contributed by atoms with Gasteiger partial charge in [-0.1, -0.05) is 0 Å². The van der Waals surface area contributed by atoms with Crippen molar-refractivity contribution in [3.05, 3.63) is 40.2 Å². The maximum absolute atomic E-state index is 13.5. The van der Waals surface area contributed by atoms with Crippen LogP contribution in [0.1, 0.15) is 12.6 Å². The van der Waals surface area contributed by atoms with Crippen LogP contribution in [0.3, 0.4) is 0 Å². The highest BCUT2D eigenvalue weighted by Gasteiger charge is 2.34. The third-order valence-corrected chi connectivity index (χ3v) is 3.50. The van der Waals surface area contributed by atoms with Gasteiger partial charge in [0.05, 0.1) is 11.1 Å². The average molecular weight is 409 g/mol. The number of nitrogens with zero attached hydrogens (tertiary/aromatic N) is 2. The second-order valence-electron chi connectivity index (χ2n) is 4.94. The summed E-state index contributed by atoms with van der Waals surface area (Å²) in [5.41, 5.74) is -0.936. The molecule has 1 aromatic carbocycles. The van der Waals surface area contributed by atoms with Crippen molar-refractivity contribution >= 4 is 33.4 Å². The molecule has 0 aliphatic carbocycles. The number of hydrogen-bond donors (Lipinski definition) is 3. The molecule has 1 heterocycles. The fourth-order valence-corrected chi connectivity index (χ4v) is 1.96. The molecule has 130 valence electrons. The van der Waals surface area contributed by atoms with Gasteiger partial charge in [0.25, 0.3) is 0 Å². The van der Waals surface area contributed by atoms with Crippen LogP contribution in [-0.4, -0.2) is 27.7 Å². The molecule has 0 spiro atoms. The van der Waals surface area contributed by atoms with Crippen LogP contribution in [0.15, 0.2) is 28.7 Å². The fourth-order valence-electron chi connectivity index (χ4n) is 1.71. The summed E-state index contributed by atoms with van der Waals surface area (Å²) >= 11 is 2.99. The quantitative estimate of drug-likeness (QED) is 0.653. The Bertz CT molecular complexity index is 726. The number of anilines is 3. The molecule has 0 saturated carbocycles. The Kier molecular flexibility index (Phi) is 5.60. The van der Waals surface area contributed by atoms with Gasteiger partial charge in [-0.15, -0.1) is 0 Å². The third-order valence-electron chi connectivity index (χ3n) is 2.86. The van der Waals surface area contributed by atoms with Crippen LogP contribution in [0.2, 0.25) is 0 Å². The number of benzene rings is 1. The zero-order valence-corrected chi connectivity index (χ0v) is 13.9. The molecule has 2 rings (SSSR count). The van der Waals surface area contributed by atoms with Gasteiger partial charge in [-0.05, 0) is 41.1 Å². The topological polar surface area (TPSA) is 70.1 Å². The minimum absolute atomic E-state index is 0.160. The van der Waals surface area contributed by atoms with Crippen molar-refractivity contribution in [2.45, 2.75) is 19.1 Å². The monoisotopic (exact) mass is 408 g/mol. The minimum Gasteiger partial charge on any atom is -0.394 e. The van der Waals surface area contributed by atoms with Crippen LogP contribution in [0.25, 0.3) is 0 Å². The molecule has 5 nitrogen and oxygen atoms in total. The van der Waals surface area contributed by atoms with E-state index in [9.17, 15) is 17.6 Å². The number of halogens is 5. The van der Waals surface area contributed by atoms with E-state index in [2.05, 4.69) is 36.5 Å². The Balaban J connectivity index is 2.36. The first-order valence-electron chi connectivity index (χ1n) is 6.75. The van der Waals surface area contributed by atoms with Crippen LogP contribution >= 0.6 is 15.9 Å². The Morgan fingerprint density at radius 3 is 2.54 bits per heavy atom. The van der Waals surface area contributed by atoms with Crippen molar-refractivity contribution in [1.82, 2.24) is 9.97 Å². The predicted octanol–water partition coefficient (Wildman–Crippen LogP) is 3.93. The molecule has 0 radical (unpaired) electrons. The molecule has 0 amide bonds. The van der Waals surface area contributed by atoms with E-state index in [0.717, 1.165) is 12.1 Å².